The summed E-state index contributed by atoms with van der Waals surface area (Å²) in [5, 5.41) is 7.16. The molecule has 4 rings (SSSR count). The quantitative estimate of drug-likeness (QED) is 0.359. The highest BCUT2D eigenvalue weighted by Gasteiger charge is 2.13. The number of para-hydroxylation sites is 1. The van der Waals surface area contributed by atoms with Gasteiger partial charge in [0.15, 0.2) is 0 Å². The second-order valence-electron chi connectivity index (χ2n) is 6.61. The zero-order valence-electron chi connectivity index (χ0n) is 16.0. The van der Waals surface area contributed by atoms with Gasteiger partial charge in [0, 0.05) is 32.9 Å². The fourth-order valence-electron chi connectivity index (χ4n) is 3.19. The number of fused-ring (bicyclic) bond motifs is 1. The van der Waals surface area contributed by atoms with E-state index in [-0.39, 0.29) is 5.56 Å². The van der Waals surface area contributed by atoms with Crippen molar-refractivity contribution in [3.8, 4) is 11.3 Å². The number of carbonyl (C=O) groups excluding carboxylic acids is 2. The van der Waals surface area contributed by atoms with Crippen molar-refractivity contribution in [3.63, 3.8) is 0 Å². The summed E-state index contributed by atoms with van der Waals surface area (Å²) in [5.74, 6) is -0.521. The van der Waals surface area contributed by atoms with Crippen LogP contribution in [0.4, 0.5) is 16.2 Å². The molecule has 0 aliphatic carbocycles. The molecular formula is C23H18ClN3O3. The van der Waals surface area contributed by atoms with Crippen molar-refractivity contribution < 1.29 is 14.3 Å². The number of H-pyrrole nitrogens is 1. The van der Waals surface area contributed by atoms with Gasteiger partial charge in [0.2, 0.25) is 0 Å². The summed E-state index contributed by atoms with van der Waals surface area (Å²) in [7, 11) is 1.29. The van der Waals surface area contributed by atoms with Crippen LogP contribution < -0.4 is 10.6 Å². The van der Waals surface area contributed by atoms with E-state index in [9.17, 15) is 9.59 Å². The van der Waals surface area contributed by atoms with Gasteiger partial charge in [-0.1, -0.05) is 35.9 Å². The minimum atomic E-state index is -0.521. The number of esters is 1. The maximum atomic E-state index is 12.5. The Balaban J connectivity index is 1.53. The average molecular weight is 420 g/mol. The Labute approximate surface area is 177 Å². The van der Waals surface area contributed by atoms with Crippen LogP contribution >= 0.6 is 11.6 Å². The van der Waals surface area contributed by atoms with Crippen LogP contribution in [-0.2, 0) is 4.74 Å². The monoisotopic (exact) mass is 419 g/mol. The molecule has 0 saturated heterocycles. The van der Waals surface area contributed by atoms with Crippen LogP contribution in [0.3, 0.4) is 0 Å². The number of aromatic nitrogens is 1. The summed E-state index contributed by atoms with van der Waals surface area (Å²) in [6, 6.07) is 21.3. The molecule has 0 fully saturated rings. The summed E-state index contributed by atoms with van der Waals surface area (Å²) in [6.45, 7) is 0. The lowest BCUT2D eigenvalue weighted by Crippen LogP contribution is -2.21. The maximum Gasteiger partial charge on any atom is 0.339 e. The Bertz CT molecular complexity index is 1250. The predicted molar refractivity (Wildman–Crippen MR) is 119 cm³/mol. The molecule has 0 spiro atoms. The lowest BCUT2D eigenvalue weighted by molar-refractivity contribution is 0.0602. The molecule has 0 bridgehead atoms. The third kappa shape index (κ3) is 4.14. The molecule has 0 unspecified atom stereocenters. The number of aromatic amines is 1. The fourth-order valence-corrected chi connectivity index (χ4v) is 3.37. The largest absolute Gasteiger partial charge is 0.465 e. The van der Waals surface area contributed by atoms with E-state index in [4.69, 9.17) is 16.3 Å². The van der Waals surface area contributed by atoms with Gasteiger partial charge in [-0.2, -0.15) is 0 Å². The van der Waals surface area contributed by atoms with E-state index in [2.05, 4.69) is 15.6 Å². The molecule has 3 aromatic carbocycles. The first-order valence-electron chi connectivity index (χ1n) is 9.17. The van der Waals surface area contributed by atoms with Gasteiger partial charge in [-0.25, -0.2) is 9.59 Å². The summed E-state index contributed by atoms with van der Waals surface area (Å²) < 4.78 is 4.75. The number of carbonyl (C=O) groups is 2. The minimum Gasteiger partial charge on any atom is -0.465 e. The SMILES string of the molecule is COC(=O)c1ccccc1NC(=O)Nc1cccc(-c2cc3cc(Cl)ccc3[nH]2)c1. The molecular weight excluding hydrogens is 402 g/mol. The summed E-state index contributed by atoms with van der Waals surface area (Å²) in [5.41, 5.74) is 4.05. The first-order chi connectivity index (χ1) is 14.5. The fraction of sp³-hybridized carbons (Fsp3) is 0.0435. The molecule has 30 heavy (non-hydrogen) atoms. The molecule has 150 valence electrons. The normalized spacial score (nSPS) is 10.6. The van der Waals surface area contributed by atoms with Crippen LogP contribution in [-0.4, -0.2) is 24.1 Å². The van der Waals surface area contributed by atoms with Gasteiger partial charge in [-0.05, 0) is 48.5 Å². The third-order valence-electron chi connectivity index (χ3n) is 4.59. The zero-order valence-corrected chi connectivity index (χ0v) is 16.8. The number of hydrogen-bond donors (Lipinski definition) is 3. The standard InChI is InChI=1S/C23H18ClN3O3/c1-30-22(28)18-7-2-3-8-20(18)27-23(29)25-17-6-4-5-14(12-17)21-13-15-11-16(24)9-10-19(15)26-21/h2-13,26H,1H3,(H2,25,27,29). The van der Waals surface area contributed by atoms with Crippen LogP contribution in [0.15, 0.2) is 72.8 Å². The molecule has 0 saturated carbocycles. The van der Waals surface area contributed by atoms with Crippen molar-refractivity contribution in [1.29, 1.82) is 0 Å². The number of urea groups is 1. The number of anilines is 2. The number of nitrogens with one attached hydrogen (secondary N) is 3. The van der Waals surface area contributed by atoms with Gasteiger partial charge in [0.05, 0.1) is 18.4 Å². The van der Waals surface area contributed by atoms with Gasteiger partial charge >= 0.3 is 12.0 Å². The van der Waals surface area contributed by atoms with Crippen molar-refractivity contribution >= 4 is 45.9 Å². The molecule has 6 nitrogen and oxygen atoms in total. The second kappa shape index (κ2) is 8.31. The number of amides is 2. The first kappa shape index (κ1) is 19.5. The van der Waals surface area contributed by atoms with E-state index in [1.807, 2.05) is 42.5 Å². The van der Waals surface area contributed by atoms with E-state index in [0.29, 0.717) is 16.4 Å². The van der Waals surface area contributed by atoms with E-state index < -0.39 is 12.0 Å². The van der Waals surface area contributed by atoms with Gasteiger partial charge < -0.3 is 20.4 Å². The molecule has 0 aliphatic rings. The van der Waals surface area contributed by atoms with Crippen LogP contribution in [0.25, 0.3) is 22.2 Å². The summed E-state index contributed by atoms with van der Waals surface area (Å²) >= 11 is 6.07. The van der Waals surface area contributed by atoms with Crippen molar-refractivity contribution in [2.24, 2.45) is 0 Å². The second-order valence-corrected chi connectivity index (χ2v) is 7.05. The Hall–Kier alpha value is -3.77. The van der Waals surface area contributed by atoms with Crippen molar-refractivity contribution in [2.45, 2.75) is 0 Å². The third-order valence-corrected chi connectivity index (χ3v) is 4.83. The number of ether oxygens (including phenoxy) is 1. The van der Waals surface area contributed by atoms with Gasteiger partial charge in [-0.15, -0.1) is 0 Å². The Kier molecular flexibility index (Phi) is 5.41. The number of hydrogen-bond acceptors (Lipinski definition) is 3. The van der Waals surface area contributed by atoms with Crippen molar-refractivity contribution in [2.75, 3.05) is 17.7 Å². The molecule has 7 heteroatoms. The molecule has 0 atom stereocenters. The first-order valence-corrected chi connectivity index (χ1v) is 9.55. The zero-order chi connectivity index (χ0) is 21.1. The van der Waals surface area contributed by atoms with E-state index >= 15 is 0 Å². The number of rotatable bonds is 4. The number of halogens is 1. The van der Waals surface area contributed by atoms with Gasteiger partial charge in [0.1, 0.15) is 0 Å². The Morgan fingerprint density at radius 3 is 2.60 bits per heavy atom. The highest BCUT2D eigenvalue weighted by molar-refractivity contribution is 6.31. The molecule has 2 amide bonds. The molecule has 0 radical (unpaired) electrons. The molecule has 1 aromatic heterocycles. The van der Waals surface area contributed by atoms with Gasteiger partial charge in [0.25, 0.3) is 0 Å². The van der Waals surface area contributed by atoms with Crippen LogP contribution in [0.1, 0.15) is 10.4 Å². The van der Waals surface area contributed by atoms with Crippen LogP contribution in [0.2, 0.25) is 5.02 Å². The van der Waals surface area contributed by atoms with Crippen LogP contribution in [0, 0.1) is 0 Å². The van der Waals surface area contributed by atoms with E-state index in [1.54, 1.807) is 30.3 Å². The smallest absolute Gasteiger partial charge is 0.339 e. The number of benzene rings is 3. The molecule has 4 aromatic rings. The van der Waals surface area contributed by atoms with E-state index in [0.717, 1.165) is 22.2 Å². The highest BCUT2D eigenvalue weighted by atomic mass is 35.5. The lowest BCUT2D eigenvalue weighted by Gasteiger charge is -2.11. The average Bonchev–Trinajstić information content (AvgIpc) is 3.17. The number of methoxy groups -OCH3 is 1. The lowest BCUT2D eigenvalue weighted by atomic mass is 10.1. The Morgan fingerprint density at radius 2 is 1.77 bits per heavy atom. The highest BCUT2D eigenvalue weighted by Crippen LogP contribution is 2.28. The van der Waals surface area contributed by atoms with Gasteiger partial charge in [-0.3, -0.25) is 0 Å². The molecule has 3 N–H and O–H groups in total. The minimum absolute atomic E-state index is 0.278. The topological polar surface area (TPSA) is 83.2 Å². The summed E-state index contributed by atoms with van der Waals surface area (Å²) in [6.07, 6.45) is 0. The Morgan fingerprint density at radius 1 is 0.933 bits per heavy atom. The predicted octanol–water partition coefficient (Wildman–Crippen LogP) is 5.92. The maximum absolute atomic E-state index is 12.5. The van der Waals surface area contributed by atoms with Crippen molar-refractivity contribution in [1.82, 2.24) is 4.98 Å². The molecule has 1 heterocycles. The molecule has 0 aliphatic heterocycles. The summed E-state index contributed by atoms with van der Waals surface area (Å²) in [4.78, 5) is 27.7. The van der Waals surface area contributed by atoms with Crippen molar-refractivity contribution in [3.05, 3.63) is 83.4 Å². The van der Waals surface area contributed by atoms with E-state index in [1.165, 1.54) is 7.11 Å². The van der Waals surface area contributed by atoms with Crippen LogP contribution in [0.5, 0.6) is 0 Å².